The van der Waals surface area contributed by atoms with E-state index >= 15 is 0 Å². The highest BCUT2D eigenvalue weighted by Gasteiger charge is 2.02. The van der Waals surface area contributed by atoms with E-state index in [4.69, 9.17) is 49.4 Å². The number of rotatable bonds is 31. The molecule has 6 N–H and O–H groups in total. The van der Waals surface area contributed by atoms with E-state index in [1.54, 1.807) is 0 Å². The minimum Gasteiger partial charge on any atom is -0.379 e. The summed E-state index contributed by atoms with van der Waals surface area (Å²) in [5.41, 5.74) is 10.6. The molecular weight excluding hydrogens is 504 g/mol. The lowest BCUT2D eigenvalue weighted by atomic mass is 10.4. The molecule has 0 saturated heterocycles. The van der Waals surface area contributed by atoms with Crippen LogP contribution in [-0.2, 0) is 47.5 Å². The quantitative estimate of drug-likeness (QED) is 0.0696. The predicted octanol–water partition coefficient (Wildman–Crippen LogP) is -1.95. The van der Waals surface area contributed by atoms with Gasteiger partial charge in [-0.15, -0.1) is 0 Å². The van der Waals surface area contributed by atoms with Crippen molar-refractivity contribution in [2.24, 2.45) is 11.5 Å². The average Bonchev–Trinajstić information content (AvgIpc) is 2.91. The number of hydrogen-bond donors (Lipinski definition) is 4. The first-order valence-corrected chi connectivity index (χ1v) is 13.3. The fourth-order valence-electron chi connectivity index (χ4n) is 2.60. The van der Waals surface area contributed by atoms with Crippen molar-refractivity contribution in [3.8, 4) is 0 Å². The van der Waals surface area contributed by atoms with Crippen LogP contribution in [0.1, 0.15) is 12.8 Å². The van der Waals surface area contributed by atoms with Gasteiger partial charge in [-0.3, -0.25) is 9.59 Å². The highest BCUT2D eigenvalue weighted by Crippen LogP contribution is 1.88. The molecule has 0 aromatic heterocycles. The molecule has 0 fully saturated rings. The lowest BCUT2D eigenvalue weighted by molar-refractivity contribution is -0.123. The zero-order chi connectivity index (χ0) is 27.8. The Hall–Kier alpha value is -1.46. The molecule has 0 bridgehead atoms. The van der Waals surface area contributed by atoms with E-state index in [1.165, 1.54) is 0 Å². The molecule has 0 heterocycles. The molecule has 38 heavy (non-hydrogen) atoms. The van der Waals surface area contributed by atoms with E-state index in [-0.39, 0.29) is 24.7 Å². The zero-order valence-electron chi connectivity index (χ0n) is 22.8. The molecule has 226 valence electrons. The topological polar surface area (TPSA) is 184 Å². The number of hydrogen-bond acceptors (Lipinski definition) is 12. The lowest BCUT2D eigenvalue weighted by Gasteiger charge is -2.09. The molecule has 0 aliphatic rings. The lowest BCUT2D eigenvalue weighted by Crippen LogP contribution is -2.28. The molecule has 0 spiro atoms. The smallest absolute Gasteiger partial charge is 0.222 e. The predicted molar refractivity (Wildman–Crippen MR) is 140 cm³/mol. The van der Waals surface area contributed by atoms with Gasteiger partial charge in [0.25, 0.3) is 0 Å². The van der Waals surface area contributed by atoms with E-state index in [1.807, 2.05) is 0 Å². The van der Waals surface area contributed by atoms with Crippen molar-refractivity contribution in [2.45, 2.75) is 12.8 Å². The van der Waals surface area contributed by atoms with Crippen LogP contribution >= 0.6 is 0 Å². The number of carbonyl (C=O) groups is 2. The van der Waals surface area contributed by atoms with Gasteiger partial charge >= 0.3 is 0 Å². The van der Waals surface area contributed by atoms with Crippen molar-refractivity contribution >= 4 is 11.8 Å². The molecule has 2 amide bonds. The van der Waals surface area contributed by atoms with Crippen LogP contribution in [0.15, 0.2) is 0 Å². The van der Waals surface area contributed by atoms with Crippen molar-refractivity contribution in [2.75, 3.05) is 132 Å². The number of nitrogens with one attached hydrogen (secondary N) is 2. The Balaban J connectivity index is 3.21. The third-order valence-electron chi connectivity index (χ3n) is 4.47. The summed E-state index contributed by atoms with van der Waals surface area (Å²) in [6.45, 7) is 8.89. The number of amides is 2. The van der Waals surface area contributed by atoms with Gasteiger partial charge in [0.1, 0.15) is 0 Å². The normalized spacial score (nSPS) is 11.1. The number of carbonyl (C=O) groups excluding carboxylic acids is 2. The van der Waals surface area contributed by atoms with Gasteiger partial charge in [0.15, 0.2) is 0 Å². The van der Waals surface area contributed by atoms with Crippen LogP contribution in [0.4, 0.5) is 0 Å². The molecule has 0 aliphatic heterocycles. The van der Waals surface area contributed by atoms with Gasteiger partial charge in [0, 0.05) is 39.0 Å². The first-order valence-electron chi connectivity index (χ1n) is 13.3. The maximum Gasteiger partial charge on any atom is 0.222 e. The summed E-state index contributed by atoms with van der Waals surface area (Å²) >= 11 is 0. The second-order valence-corrected chi connectivity index (χ2v) is 7.68. The highest BCUT2D eigenvalue weighted by molar-refractivity contribution is 5.76. The summed E-state index contributed by atoms with van der Waals surface area (Å²) in [4.78, 5) is 23.4. The second-order valence-electron chi connectivity index (χ2n) is 7.68. The van der Waals surface area contributed by atoms with Gasteiger partial charge in [-0.2, -0.15) is 0 Å². The third-order valence-corrected chi connectivity index (χ3v) is 4.47. The van der Waals surface area contributed by atoms with Gasteiger partial charge in [0.2, 0.25) is 11.8 Å². The molecule has 0 atom stereocenters. The van der Waals surface area contributed by atoms with E-state index in [0.29, 0.717) is 132 Å². The maximum atomic E-state index is 11.7. The van der Waals surface area contributed by atoms with Crippen LogP contribution in [0.2, 0.25) is 0 Å². The summed E-state index contributed by atoms with van der Waals surface area (Å²) in [6.07, 6.45) is 0.565. The van der Waals surface area contributed by atoms with Crippen molar-refractivity contribution in [1.82, 2.24) is 10.6 Å². The standard InChI is InChI=1S/C24H50N4O10/c25-3-9-33-15-17-35-11-5-27-23(29)1-7-31-13-19-37-21-22-38-20-14-32-8-2-24(30)28-6-12-36-18-16-34-10-4-26/h1-22,25-26H2,(H,27,29)(H,28,30). The van der Waals surface area contributed by atoms with Crippen LogP contribution in [0.25, 0.3) is 0 Å². The van der Waals surface area contributed by atoms with Crippen molar-refractivity contribution in [3.05, 3.63) is 0 Å². The number of nitrogens with two attached hydrogens (primary N) is 2. The molecule has 0 unspecified atom stereocenters. The van der Waals surface area contributed by atoms with Crippen molar-refractivity contribution in [3.63, 3.8) is 0 Å². The fourth-order valence-corrected chi connectivity index (χ4v) is 2.60. The molecule has 14 heteroatoms. The van der Waals surface area contributed by atoms with Crippen molar-refractivity contribution in [1.29, 1.82) is 0 Å². The maximum absolute atomic E-state index is 11.7. The summed E-state index contributed by atoms with van der Waals surface area (Å²) < 4.78 is 42.6. The van der Waals surface area contributed by atoms with E-state index < -0.39 is 0 Å². The Bertz CT molecular complexity index is 477. The minimum atomic E-state index is -0.0871. The summed E-state index contributed by atoms with van der Waals surface area (Å²) in [5, 5.41) is 5.52. The highest BCUT2D eigenvalue weighted by atomic mass is 16.6. The minimum absolute atomic E-state index is 0.0871. The molecule has 0 aliphatic carbocycles. The molecule has 14 nitrogen and oxygen atoms in total. The summed E-state index contributed by atoms with van der Waals surface area (Å²) in [6, 6.07) is 0. The molecule has 0 radical (unpaired) electrons. The van der Waals surface area contributed by atoms with Crippen LogP contribution < -0.4 is 22.1 Å². The molecule has 0 aromatic carbocycles. The average molecular weight is 555 g/mol. The van der Waals surface area contributed by atoms with E-state index in [0.717, 1.165) is 0 Å². The van der Waals surface area contributed by atoms with Gasteiger partial charge < -0.3 is 60.0 Å². The van der Waals surface area contributed by atoms with Crippen LogP contribution in [0.3, 0.4) is 0 Å². The fraction of sp³-hybridized carbons (Fsp3) is 0.917. The van der Waals surface area contributed by atoms with Crippen molar-refractivity contribution < 1.29 is 47.5 Å². The van der Waals surface area contributed by atoms with Crippen LogP contribution in [0.5, 0.6) is 0 Å². The van der Waals surface area contributed by atoms with E-state index in [9.17, 15) is 9.59 Å². The Kier molecular flexibility index (Phi) is 30.5. The molecular formula is C24H50N4O10. The SMILES string of the molecule is NCCOCCOCCNC(=O)CCOCCOCCOCCOCCC(=O)NCCOCCOCCN. The van der Waals surface area contributed by atoms with Crippen LogP contribution in [-0.4, -0.2) is 144 Å². The monoisotopic (exact) mass is 554 g/mol. The van der Waals surface area contributed by atoms with Crippen LogP contribution in [0, 0.1) is 0 Å². The van der Waals surface area contributed by atoms with E-state index in [2.05, 4.69) is 10.6 Å². The third kappa shape index (κ3) is 30.8. The molecule has 0 rings (SSSR count). The Morgan fingerprint density at radius 2 is 0.658 bits per heavy atom. The summed E-state index contributed by atoms with van der Waals surface area (Å²) in [7, 11) is 0. The first kappa shape index (κ1) is 36.5. The number of ether oxygens (including phenoxy) is 8. The van der Waals surface area contributed by atoms with Gasteiger partial charge in [-0.1, -0.05) is 0 Å². The first-order chi connectivity index (χ1) is 18.7. The Labute approximate surface area is 226 Å². The Morgan fingerprint density at radius 3 is 0.974 bits per heavy atom. The molecule has 0 aromatic rings. The van der Waals surface area contributed by atoms with Gasteiger partial charge in [0.05, 0.1) is 106 Å². The largest absolute Gasteiger partial charge is 0.379 e. The van der Waals surface area contributed by atoms with Gasteiger partial charge in [-0.25, -0.2) is 0 Å². The second kappa shape index (κ2) is 31.8. The van der Waals surface area contributed by atoms with Gasteiger partial charge in [-0.05, 0) is 0 Å². The summed E-state index contributed by atoms with van der Waals surface area (Å²) in [5.74, 6) is -0.174. The Morgan fingerprint density at radius 1 is 0.395 bits per heavy atom. The zero-order valence-corrected chi connectivity index (χ0v) is 22.8. The molecule has 0 saturated carbocycles.